The maximum Gasteiger partial charge on any atom is 0.0677 e. The van der Waals surface area contributed by atoms with Crippen LogP contribution in [0.2, 0.25) is 0 Å². The molecule has 0 bridgehead atoms. The predicted octanol–water partition coefficient (Wildman–Crippen LogP) is 2.68. The van der Waals surface area contributed by atoms with E-state index in [2.05, 4.69) is 18.0 Å². The quantitative estimate of drug-likeness (QED) is 0.909. The van der Waals surface area contributed by atoms with Crippen molar-refractivity contribution in [3.05, 3.63) is 29.6 Å². The van der Waals surface area contributed by atoms with E-state index in [-0.39, 0.29) is 24.0 Å². The van der Waals surface area contributed by atoms with Gasteiger partial charge in [0.1, 0.15) is 0 Å². The molecule has 1 N–H and O–H groups in total. The molecule has 3 rings (SSSR count). The number of hydrogen-bond donors (Lipinski definition) is 1. The first-order chi connectivity index (χ1) is 9.31. The first kappa shape index (κ1) is 13.1. The fourth-order valence-electron chi connectivity index (χ4n) is 3.75. The average Bonchev–Trinajstić information content (AvgIpc) is 2.94. The Labute approximate surface area is 115 Å². The molecule has 0 aromatic carbocycles. The number of fused-ring (bicyclic) bond motifs is 1. The van der Waals surface area contributed by atoms with Crippen LogP contribution in [-0.4, -0.2) is 28.9 Å². The second kappa shape index (κ2) is 5.59. The molecule has 1 saturated heterocycles. The minimum atomic E-state index is -0.304. The van der Waals surface area contributed by atoms with Crippen LogP contribution >= 0.6 is 0 Å². The molecule has 104 valence electrons. The lowest BCUT2D eigenvalue weighted by Gasteiger charge is -2.33. The topological polar surface area (TPSA) is 42.4 Å². The molecule has 1 aliphatic heterocycles. The Morgan fingerprint density at radius 3 is 3.21 bits per heavy atom. The first-order valence-electron chi connectivity index (χ1n) is 7.54. The number of aliphatic hydroxyl groups excluding tert-OH is 1. The Bertz CT molecular complexity index is 435. The molecule has 3 nitrogen and oxygen atoms in total. The van der Waals surface area contributed by atoms with Crippen molar-refractivity contribution in [1.82, 2.24) is 4.98 Å². The normalized spacial score (nSPS) is 32.0. The van der Waals surface area contributed by atoms with Gasteiger partial charge in [0, 0.05) is 30.3 Å². The van der Waals surface area contributed by atoms with E-state index >= 15 is 0 Å². The van der Waals surface area contributed by atoms with Crippen molar-refractivity contribution >= 4 is 0 Å². The molecule has 3 heteroatoms. The van der Waals surface area contributed by atoms with Crippen molar-refractivity contribution < 1.29 is 9.84 Å². The third-order valence-electron chi connectivity index (χ3n) is 4.75. The number of ether oxygens (including phenoxy) is 1. The van der Waals surface area contributed by atoms with Gasteiger partial charge in [-0.3, -0.25) is 4.98 Å². The molecule has 2 aliphatic rings. The molecular weight excluding hydrogens is 238 g/mol. The molecule has 0 amide bonds. The third kappa shape index (κ3) is 2.41. The number of hydrogen-bond acceptors (Lipinski definition) is 3. The number of pyridine rings is 1. The number of aromatic nitrogens is 1. The van der Waals surface area contributed by atoms with Crippen molar-refractivity contribution in [2.45, 2.75) is 57.2 Å². The molecule has 1 fully saturated rings. The van der Waals surface area contributed by atoms with Crippen molar-refractivity contribution in [2.24, 2.45) is 5.92 Å². The van der Waals surface area contributed by atoms with E-state index in [4.69, 9.17) is 4.74 Å². The van der Waals surface area contributed by atoms with Crippen LogP contribution in [0.25, 0.3) is 0 Å². The van der Waals surface area contributed by atoms with Crippen molar-refractivity contribution in [1.29, 1.82) is 0 Å². The molecule has 19 heavy (non-hydrogen) atoms. The lowest BCUT2D eigenvalue weighted by atomic mass is 9.77. The Balaban J connectivity index is 1.83. The van der Waals surface area contributed by atoms with Crippen LogP contribution < -0.4 is 0 Å². The van der Waals surface area contributed by atoms with E-state index in [1.807, 2.05) is 12.3 Å². The molecule has 1 aromatic heterocycles. The lowest BCUT2D eigenvalue weighted by Crippen LogP contribution is -2.35. The zero-order valence-electron chi connectivity index (χ0n) is 11.6. The molecule has 0 spiro atoms. The fraction of sp³-hybridized carbons (Fsp3) is 0.688. The van der Waals surface area contributed by atoms with Crippen molar-refractivity contribution in [3.8, 4) is 0 Å². The summed E-state index contributed by atoms with van der Waals surface area (Å²) in [5.74, 6) is 0.480. The minimum Gasteiger partial charge on any atom is -0.392 e. The molecule has 0 radical (unpaired) electrons. The van der Waals surface area contributed by atoms with Crippen molar-refractivity contribution in [3.63, 3.8) is 0 Å². The van der Waals surface area contributed by atoms with E-state index < -0.39 is 0 Å². The summed E-state index contributed by atoms with van der Waals surface area (Å²) in [6.07, 6.45) is 7.06. The van der Waals surface area contributed by atoms with Crippen LogP contribution in [0.15, 0.2) is 18.3 Å². The summed E-state index contributed by atoms with van der Waals surface area (Å²) in [5.41, 5.74) is 2.45. The molecule has 4 atom stereocenters. The summed E-state index contributed by atoms with van der Waals surface area (Å²) in [6, 6.07) is 4.16. The van der Waals surface area contributed by atoms with Crippen LogP contribution in [0.4, 0.5) is 0 Å². The lowest BCUT2D eigenvalue weighted by molar-refractivity contribution is 0.0150. The van der Waals surface area contributed by atoms with Gasteiger partial charge in [-0.05, 0) is 43.7 Å². The van der Waals surface area contributed by atoms with E-state index in [0.717, 1.165) is 44.4 Å². The molecule has 2 heterocycles. The Morgan fingerprint density at radius 1 is 1.47 bits per heavy atom. The highest BCUT2D eigenvalue weighted by Gasteiger charge is 2.39. The number of nitrogens with zero attached hydrogens (tertiary/aromatic N) is 1. The number of aliphatic hydroxyl groups is 1. The zero-order chi connectivity index (χ0) is 13.2. The van der Waals surface area contributed by atoms with Gasteiger partial charge < -0.3 is 9.84 Å². The summed E-state index contributed by atoms with van der Waals surface area (Å²) < 4.78 is 5.73. The van der Waals surface area contributed by atoms with Crippen LogP contribution in [-0.2, 0) is 11.2 Å². The van der Waals surface area contributed by atoms with Gasteiger partial charge in [0.15, 0.2) is 0 Å². The third-order valence-corrected chi connectivity index (χ3v) is 4.75. The van der Waals surface area contributed by atoms with Gasteiger partial charge in [-0.15, -0.1) is 0 Å². The van der Waals surface area contributed by atoms with Gasteiger partial charge in [0.05, 0.1) is 12.2 Å². The van der Waals surface area contributed by atoms with Crippen LogP contribution in [0.5, 0.6) is 0 Å². The maximum absolute atomic E-state index is 10.8. The smallest absolute Gasteiger partial charge is 0.0677 e. The summed E-state index contributed by atoms with van der Waals surface area (Å²) >= 11 is 0. The van der Waals surface area contributed by atoms with Gasteiger partial charge in [0.2, 0.25) is 0 Å². The van der Waals surface area contributed by atoms with Crippen molar-refractivity contribution in [2.75, 3.05) is 6.61 Å². The van der Waals surface area contributed by atoms with Crippen LogP contribution in [0.3, 0.4) is 0 Å². The monoisotopic (exact) mass is 261 g/mol. The first-order valence-corrected chi connectivity index (χ1v) is 7.54. The fourth-order valence-corrected chi connectivity index (χ4v) is 3.75. The van der Waals surface area contributed by atoms with Gasteiger partial charge in [-0.2, -0.15) is 0 Å². The molecular formula is C16H23NO2. The number of rotatable bonds is 3. The van der Waals surface area contributed by atoms with E-state index in [0.29, 0.717) is 0 Å². The second-order valence-electron chi connectivity index (χ2n) is 5.81. The summed E-state index contributed by atoms with van der Waals surface area (Å²) in [6.45, 7) is 2.94. The van der Waals surface area contributed by atoms with E-state index in [1.165, 1.54) is 5.56 Å². The summed E-state index contributed by atoms with van der Waals surface area (Å²) in [7, 11) is 0. The Kier molecular flexibility index (Phi) is 3.85. The Morgan fingerprint density at radius 2 is 2.37 bits per heavy atom. The highest BCUT2D eigenvalue weighted by Crippen LogP contribution is 2.39. The molecule has 4 unspecified atom stereocenters. The highest BCUT2D eigenvalue weighted by molar-refractivity contribution is 5.27. The average molecular weight is 261 g/mol. The standard InChI is InChI=1S/C16H23NO2/c1-2-14-12(8-10-19-14)16(18)13-7-3-5-11-6-4-9-17-15(11)13/h4,6,9,12-14,16,18H,2-3,5,7-8,10H2,1H3. The summed E-state index contributed by atoms with van der Waals surface area (Å²) in [4.78, 5) is 4.54. The van der Waals surface area contributed by atoms with Gasteiger partial charge in [0.25, 0.3) is 0 Å². The van der Waals surface area contributed by atoms with E-state index in [1.54, 1.807) is 0 Å². The largest absolute Gasteiger partial charge is 0.392 e. The van der Waals surface area contributed by atoms with E-state index in [9.17, 15) is 5.11 Å². The molecule has 1 aliphatic carbocycles. The predicted molar refractivity (Wildman–Crippen MR) is 74.1 cm³/mol. The van der Waals surface area contributed by atoms with Gasteiger partial charge >= 0.3 is 0 Å². The van der Waals surface area contributed by atoms with Crippen LogP contribution in [0.1, 0.15) is 49.8 Å². The minimum absolute atomic E-state index is 0.200. The number of aryl methyl sites for hydroxylation is 1. The zero-order valence-corrected chi connectivity index (χ0v) is 11.6. The maximum atomic E-state index is 10.8. The van der Waals surface area contributed by atoms with Gasteiger partial charge in [-0.25, -0.2) is 0 Å². The Hall–Kier alpha value is -0.930. The second-order valence-corrected chi connectivity index (χ2v) is 5.81. The molecule has 0 saturated carbocycles. The molecule has 1 aromatic rings. The van der Waals surface area contributed by atoms with Crippen LogP contribution in [0, 0.1) is 5.92 Å². The highest BCUT2D eigenvalue weighted by atomic mass is 16.5. The SMILES string of the molecule is CCC1OCCC1C(O)C1CCCc2cccnc21. The summed E-state index contributed by atoms with van der Waals surface area (Å²) in [5, 5.41) is 10.8. The van der Waals surface area contributed by atoms with Gasteiger partial charge in [-0.1, -0.05) is 13.0 Å².